The molecule has 0 radical (unpaired) electrons. The van der Waals surface area contributed by atoms with Crippen molar-refractivity contribution in [3.8, 4) is 23.0 Å². The number of hydrogen-bond donors (Lipinski definition) is 2. The molecule has 32 heteroatoms. The largest absolute Gasteiger partial charge is 0.507 e. The van der Waals surface area contributed by atoms with E-state index in [4.69, 9.17) is 37.9 Å². The first kappa shape index (κ1) is 99.3. The molecule has 2 aromatic heterocycles. The molecule has 0 saturated carbocycles. The molecule has 32 nitrogen and oxygen atoms in total. The van der Waals surface area contributed by atoms with E-state index in [-0.39, 0.29) is 76.8 Å². The van der Waals surface area contributed by atoms with E-state index in [9.17, 15) is 67.7 Å². The molecule has 3 heterocycles. The van der Waals surface area contributed by atoms with Crippen LogP contribution >= 0.6 is 0 Å². The molecule has 11 rings (SSSR count). The second-order valence-corrected chi connectivity index (χ2v) is 33.0. The van der Waals surface area contributed by atoms with Gasteiger partial charge in [-0.3, -0.25) is 9.59 Å². The van der Waals surface area contributed by atoms with Gasteiger partial charge >= 0.3 is 70.0 Å². The lowest BCUT2D eigenvalue weighted by atomic mass is 9.75. The van der Waals surface area contributed by atoms with Gasteiger partial charge in [-0.1, -0.05) is 153 Å². The molecule has 0 aliphatic carbocycles. The Bertz CT molecular complexity index is 6220. The van der Waals surface area contributed by atoms with E-state index >= 15 is 0 Å². The van der Waals surface area contributed by atoms with Crippen LogP contribution in [-0.4, -0.2) is 140 Å². The van der Waals surface area contributed by atoms with Crippen molar-refractivity contribution in [2.45, 2.75) is 157 Å². The summed E-state index contributed by atoms with van der Waals surface area (Å²) in [6.07, 6.45) is 3.72. The number of benzene rings is 8. The lowest BCUT2D eigenvalue weighted by Crippen LogP contribution is -2.55. The van der Waals surface area contributed by atoms with Crippen LogP contribution in [0.4, 0.5) is 22.7 Å². The Kier molecular flexibility index (Phi) is 34.1. The molecule has 8 aromatic carbocycles. The maximum Gasteiger partial charge on any atom is 0.336 e. The number of phenolic OH excluding ortho intramolecular Hbond substituents is 2. The van der Waals surface area contributed by atoms with Crippen LogP contribution in [0, 0.1) is 0 Å². The zero-order chi connectivity index (χ0) is 96.5. The second-order valence-electron chi connectivity index (χ2n) is 33.0. The second kappa shape index (κ2) is 46.0. The average molecular weight is 1830 g/mol. The van der Waals surface area contributed by atoms with E-state index in [1.807, 2.05) is 155 Å². The highest BCUT2D eigenvalue weighted by atomic mass is 16.6. The highest BCUT2D eigenvalue weighted by Crippen LogP contribution is 2.45. The predicted octanol–water partition coefficient (Wildman–Crippen LogP) is 10.8. The fraction of sp³-hybridized carbons (Fsp3) is 0.333. The third-order valence-electron chi connectivity index (χ3n) is 23.5. The number of aryl methyl sites for hydroxylation is 2. The summed E-state index contributed by atoms with van der Waals surface area (Å²) in [6.45, 7) is 20.5. The van der Waals surface area contributed by atoms with Gasteiger partial charge in [-0.25, -0.2) is 75.3 Å². The molecule has 0 amide bonds. The molecule has 134 heavy (non-hydrogen) atoms. The number of carbonyl (C=O) groups is 6. The summed E-state index contributed by atoms with van der Waals surface area (Å²) in [4.78, 5) is 168. The summed E-state index contributed by atoms with van der Waals surface area (Å²) in [7, 11) is 3.93. The molecular weight excluding hydrogens is 1720 g/mol. The molecule has 0 fully saturated rings. The molecular formula is C102H114N10O22. The summed E-state index contributed by atoms with van der Waals surface area (Å²) in [5.41, 5.74) is 3.67. The Labute approximate surface area is 775 Å². The summed E-state index contributed by atoms with van der Waals surface area (Å²) in [5.74, 6) is -3.86. The van der Waals surface area contributed by atoms with Crippen LogP contribution in [0.2, 0.25) is 0 Å². The number of esters is 6. The van der Waals surface area contributed by atoms with Gasteiger partial charge in [0.1, 0.15) is 62.6 Å². The lowest BCUT2D eigenvalue weighted by Gasteiger charge is -2.34. The van der Waals surface area contributed by atoms with Gasteiger partial charge in [0.05, 0.1) is 65.3 Å². The maximum absolute atomic E-state index is 14.4. The fourth-order valence-electron chi connectivity index (χ4n) is 15.9. The van der Waals surface area contributed by atoms with Crippen molar-refractivity contribution in [2.24, 2.45) is 0 Å². The SMILES string of the molecule is C=CC(=O)OCCn1c(=O)n(CCOC(=O)C=C)c(=O)n(CCOC(=O)CCOc2c(CC)cc3cc2CN(c2ccccc2)Cc2cc(cc(CN(C)c4ccccc4)c2OCCC(=O)OCCn2c(=O)n(CCOC(=O)C=C)c(=O)n(CCOC(=O)C=C)c2=O)C(C)(C)c2cc(CN(C)c4ccccc4)c(O)c(c2)CN(c2ccccc2)Cc2cc(cc(CC)c2O)C3(C)C)c1=O. The number of hydrogen-bond acceptors (Lipinski definition) is 26. The Morgan fingerprint density at radius 2 is 0.612 bits per heavy atom. The maximum atomic E-state index is 14.4. The van der Waals surface area contributed by atoms with Crippen molar-refractivity contribution in [1.82, 2.24) is 27.4 Å². The van der Waals surface area contributed by atoms with E-state index in [2.05, 4.69) is 116 Å². The molecule has 0 saturated heterocycles. The van der Waals surface area contributed by atoms with Crippen molar-refractivity contribution in [1.29, 1.82) is 0 Å². The number of carbonyl (C=O) groups excluding carboxylic acids is 6. The van der Waals surface area contributed by atoms with E-state index in [1.165, 1.54) is 0 Å². The fourth-order valence-corrected chi connectivity index (χ4v) is 15.9. The minimum absolute atomic E-state index is 0.0802. The summed E-state index contributed by atoms with van der Waals surface area (Å²) < 4.78 is 49.9. The van der Waals surface area contributed by atoms with Crippen LogP contribution in [0.25, 0.3) is 0 Å². The third-order valence-corrected chi connectivity index (χ3v) is 23.5. The number of para-hydroxylation sites is 4. The number of aromatic nitrogens is 6. The minimum Gasteiger partial charge on any atom is -0.507 e. The highest BCUT2D eigenvalue weighted by Gasteiger charge is 2.34. The Morgan fingerprint density at radius 3 is 0.933 bits per heavy atom. The number of rotatable bonds is 40. The van der Waals surface area contributed by atoms with Crippen LogP contribution in [0.5, 0.6) is 23.0 Å². The molecule has 1 aliphatic rings. The first-order valence-electron chi connectivity index (χ1n) is 44.1. The lowest BCUT2D eigenvalue weighted by molar-refractivity contribution is -0.145. The van der Waals surface area contributed by atoms with Crippen molar-refractivity contribution in [2.75, 3.05) is 86.6 Å². The van der Waals surface area contributed by atoms with Gasteiger partial charge in [0.2, 0.25) is 0 Å². The van der Waals surface area contributed by atoms with Crippen LogP contribution in [0.3, 0.4) is 0 Å². The third kappa shape index (κ3) is 24.5. The van der Waals surface area contributed by atoms with Crippen LogP contribution in [-0.2, 0) is 159 Å². The number of ether oxygens (including phenoxy) is 8. The van der Waals surface area contributed by atoms with Gasteiger partial charge in [-0.2, -0.15) is 0 Å². The van der Waals surface area contributed by atoms with Crippen molar-refractivity contribution in [3.63, 3.8) is 0 Å². The molecule has 0 atom stereocenters. The number of phenols is 2. The molecule has 2 N–H and O–H groups in total. The minimum atomic E-state index is -1.10. The van der Waals surface area contributed by atoms with Gasteiger partial charge in [-0.05, 0) is 131 Å². The van der Waals surface area contributed by atoms with Gasteiger partial charge in [-0.15, -0.1) is 0 Å². The Morgan fingerprint density at radius 1 is 0.351 bits per heavy atom. The normalized spacial score (nSPS) is 12.7. The number of aromatic hydroxyl groups is 2. The van der Waals surface area contributed by atoms with E-state index in [0.717, 1.165) is 74.9 Å². The van der Waals surface area contributed by atoms with Crippen molar-refractivity contribution < 1.29 is 76.9 Å². The van der Waals surface area contributed by atoms with Gasteiger partial charge in [0.25, 0.3) is 0 Å². The highest BCUT2D eigenvalue weighted by molar-refractivity contribution is 5.82. The van der Waals surface area contributed by atoms with Gasteiger partial charge in [0.15, 0.2) is 0 Å². The quantitative estimate of drug-likeness (QED) is 0.0205. The Hall–Kier alpha value is -15.2. The first-order valence-corrected chi connectivity index (χ1v) is 44.1. The van der Waals surface area contributed by atoms with Crippen LogP contribution < -0.4 is 63.2 Å². The van der Waals surface area contributed by atoms with Crippen LogP contribution in [0.1, 0.15) is 121 Å². The predicted molar refractivity (Wildman–Crippen MR) is 507 cm³/mol. The molecule has 704 valence electrons. The summed E-state index contributed by atoms with van der Waals surface area (Å²) >= 11 is 0. The standard InChI is InChI=1S/C102H114N10O22/c1-13-69-55-77-58-72(91(69)119)65-105(83-35-27-21-28-36-83)66-73-59-79(57-71(92(73)120)63-103(11)81-31-23-19-24-32-81)102(9,10)80-60-74(64-104(12)82-33-25-20-26-34-82)94(134-48-40-90(118)132-54-46-112-99(125)109(43-51-129-87(115)17-5)96(122)110(100(112)126)44-52-130-88(116)18-6)76(62-80)68-106(84-37-29-22-30-38-84)67-75-61-78(101(77,7)8)56-70(14-2)93(75)133-47-39-89(117)131-53-45-111-97(123)107(41-49-127-85(113)15-3)95(121)108(98(111)124)42-50-128-86(114)16-4/h15-38,55-62,119-120H,3-6,13-14,39-54,63-68H2,1-2,7-12H3. The molecule has 10 aromatic rings. The number of nitrogens with zero attached hydrogens (tertiary/aromatic N) is 10. The summed E-state index contributed by atoms with van der Waals surface area (Å²) in [6, 6.07) is 55.8. The zero-order valence-corrected chi connectivity index (χ0v) is 76.8. The molecule has 0 unspecified atom stereocenters. The van der Waals surface area contributed by atoms with Crippen molar-refractivity contribution >= 4 is 58.6 Å². The Balaban J connectivity index is 1.04. The summed E-state index contributed by atoms with van der Waals surface area (Å²) in [5, 5.41) is 25.8. The van der Waals surface area contributed by atoms with Crippen molar-refractivity contribution in [3.05, 3.63) is 350 Å². The smallest absolute Gasteiger partial charge is 0.336 e. The molecule has 8 bridgehead atoms. The number of fused-ring (bicyclic) bond motifs is 8. The van der Waals surface area contributed by atoms with Gasteiger partial charge in [0, 0.05) is 145 Å². The number of anilines is 4. The van der Waals surface area contributed by atoms with E-state index in [0.29, 0.717) is 90.7 Å². The monoisotopic (exact) mass is 1830 g/mol. The van der Waals surface area contributed by atoms with E-state index < -0.39 is 160 Å². The van der Waals surface area contributed by atoms with E-state index in [1.54, 1.807) is 0 Å². The van der Waals surface area contributed by atoms with Crippen LogP contribution in [0.15, 0.2) is 249 Å². The molecule has 1 aliphatic heterocycles. The van der Waals surface area contributed by atoms with Gasteiger partial charge < -0.3 is 67.7 Å². The first-order chi connectivity index (χ1) is 64.3. The molecule has 0 spiro atoms. The average Bonchev–Trinajstić information content (AvgIpc) is 0.757. The zero-order valence-electron chi connectivity index (χ0n) is 76.8. The topological polar surface area (TPSA) is 362 Å².